The number of aromatic nitrogens is 2. The highest BCUT2D eigenvalue weighted by Gasteiger charge is 2.49. The molecule has 1 N–H and O–H groups in total. The third-order valence-electron chi connectivity index (χ3n) is 5.90. The Morgan fingerprint density at radius 2 is 1.64 bits per heavy atom. The summed E-state index contributed by atoms with van der Waals surface area (Å²) in [4.78, 5) is 34.2. The molecule has 6 heteroatoms. The molecule has 5 rings (SSSR count). The topological polar surface area (TPSA) is 75.3 Å². The Kier molecular flexibility index (Phi) is 5.05. The van der Waals surface area contributed by atoms with Crippen molar-refractivity contribution in [1.82, 2.24) is 9.97 Å². The zero-order chi connectivity index (χ0) is 23.0. The number of benzene rings is 2. The van der Waals surface area contributed by atoms with Crippen LogP contribution >= 0.6 is 0 Å². The Morgan fingerprint density at radius 1 is 0.909 bits per heavy atom. The summed E-state index contributed by atoms with van der Waals surface area (Å²) in [5.74, 6) is 0. The molecule has 33 heavy (non-hydrogen) atoms. The van der Waals surface area contributed by atoms with Gasteiger partial charge in [-0.25, -0.2) is 4.79 Å². The Labute approximate surface area is 191 Å². The molecule has 4 aromatic rings. The van der Waals surface area contributed by atoms with Crippen LogP contribution in [-0.2, 0) is 4.74 Å². The number of H-pyrrole nitrogens is 1. The Hall–Kier alpha value is -4.19. The number of carbonyl (C=O) groups is 1. The van der Waals surface area contributed by atoms with Gasteiger partial charge in [0, 0.05) is 29.2 Å². The second kappa shape index (κ2) is 8.06. The molecule has 3 heterocycles. The first-order chi connectivity index (χ1) is 15.9. The maximum atomic E-state index is 12.8. The van der Waals surface area contributed by atoms with Crippen LogP contribution < -0.4 is 10.5 Å². The summed E-state index contributed by atoms with van der Waals surface area (Å²) in [6.07, 6.45) is 2.99. The molecule has 0 saturated carbocycles. The molecule has 0 aliphatic carbocycles. The fraction of sp³-hybridized carbons (Fsp3) is 0.148. The largest absolute Gasteiger partial charge is 0.441 e. The van der Waals surface area contributed by atoms with Gasteiger partial charge in [0.25, 0.3) is 5.56 Å². The Bertz CT molecular complexity index is 1350. The zero-order valence-electron chi connectivity index (χ0n) is 18.4. The molecule has 0 spiro atoms. The van der Waals surface area contributed by atoms with Gasteiger partial charge in [0.05, 0.1) is 5.69 Å². The number of carbonyl (C=O) groups excluding carboxylic acids is 1. The predicted molar refractivity (Wildman–Crippen MR) is 128 cm³/mol. The van der Waals surface area contributed by atoms with Crippen molar-refractivity contribution in [3.8, 4) is 22.4 Å². The van der Waals surface area contributed by atoms with Crippen molar-refractivity contribution in [2.45, 2.75) is 25.5 Å². The molecule has 1 aliphatic heterocycles. The number of cyclic esters (lactones) is 1. The fourth-order valence-corrected chi connectivity index (χ4v) is 4.37. The number of aromatic amines is 1. The Morgan fingerprint density at radius 3 is 2.33 bits per heavy atom. The highest BCUT2D eigenvalue weighted by molar-refractivity contribution is 5.92. The van der Waals surface area contributed by atoms with Crippen LogP contribution in [0.15, 0.2) is 96.1 Å². The van der Waals surface area contributed by atoms with Gasteiger partial charge in [-0.3, -0.25) is 14.7 Å². The smallest absolute Gasteiger partial charge is 0.415 e. The maximum Gasteiger partial charge on any atom is 0.415 e. The van der Waals surface area contributed by atoms with E-state index in [9.17, 15) is 9.59 Å². The molecule has 0 bridgehead atoms. The Balaban J connectivity index is 1.51. The average molecular weight is 437 g/mol. The van der Waals surface area contributed by atoms with E-state index in [2.05, 4.69) is 9.97 Å². The summed E-state index contributed by atoms with van der Waals surface area (Å²) in [6.45, 7) is 3.83. The first-order valence-electron chi connectivity index (χ1n) is 10.8. The molecule has 1 aliphatic rings. The zero-order valence-corrected chi connectivity index (χ0v) is 18.4. The van der Waals surface area contributed by atoms with Crippen LogP contribution in [0.5, 0.6) is 0 Å². The lowest BCUT2D eigenvalue weighted by Crippen LogP contribution is -2.33. The van der Waals surface area contributed by atoms with Crippen LogP contribution in [0.4, 0.5) is 10.5 Å². The normalized spacial score (nSPS) is 17.1. The first-order valence-corrected chi connectivity index (χ1v) is 10.8. The lowest BCUT2D eigenvalue weighted by atomic mass is 9.91. The van der Waals surface area contributed by atoms with Gasteiger partial charge >= 0.3 is 6.09 Å². The standard InChI is InChI=1S/C27H23N3O3/c1-27(2)24(19-8-4-3-5-9-19)30(26(32)33-27)21-13-11-18(12-14-21)22-16-20(17-29-25(22)31)23-10-6-7-15-28-23/h3-17,24H,1-2H3,(H,29,31). The number of anilines is 1. The van der Waals surface area contributed by atoms with E-state index in [1.807, 2.05) is 92.7 Å². The lowest BCUT2D eigenvalue weighted by molar-refractivity contribution is 0.0685. The van der Waals surface area contributed by atoms with Crippen LogP contribution in [0, 0.1) is 0 Å². The van der Waals surface area contributed by atoms with Gasteiger partial charge in [-0.15, -0.1) is 0 Å². The van der Waals surface area contributed by atoms with E-state index in [1.54, 1.807) is 17.3 Å². The van der Waals surface area contributed by atoms with Crippen molar-refractivity contribution in [2.24, 2.45) is 0 Å². The summed E-state index contributed by atoms with van der Waals surface area (Å²) >= 11 is 0. The number of hydrogen-bond donors (Lipinski definition) is 1. The molecule has 1 atom stereocenters. The molecule has 1 fully saturated rings. The molecule has 1 saturated heterocycles. The number of hydrogen-bond acceptors (Lipinski definition) is 4. The summed E-state index contributed by atoms with van der Waals surface area (Å²) < 4.78 is 5.71. The van der Waals surface area contributed by atoms with Crippen LogP contribution in [0.1, 0.15) is 25.5 Å². The van der Waals surface area contributed by atoms with E-state index in [1.165, 1.54) is 0 Å². The molecule has 1 unspecified atom stereocenters. The monoisotopic (exact) mass is 437 g/mol. The number of rotatable bonds is 4. The second-order valence-corrected chi connectivity index (χ2v) is 8.55. The second-order valence-electron chi connectivity index (χ2n) is 8.55. The SMILES string of the molecule is CC1(C)OC(=O)N(c2ccc(-c3cc(-c4ccccn4)c[nH]c3=O)cc2)C1c1ccccc1. The number of ether oxygens (including phenoxy) is 1. The molecular weight excluding hydrogens is 414 g/mol. The van der Waals surface area contributed by atoms with E-state index < -0.39 is 11.7 Å². The lowest BCUT2D eigenvalue weighted by Gasteiger charge is -2.29. The third kappa shape index (κ3) is 3.80. The van der Waals surface area contributed by atoms with Crippen LogP contribution in [0.2, 0.25) is 0 Å². The van der Waals surface area contributed by atoms with Crippen molar-refractivity contribution in [2.75, 3.05) is 4.90 Å². The molecule has 6 nitrogen and oxygen atoms in total. The molecular formula is C27H23N3O3. The van der Waals surface area contributed by atoms with Crippen molar-refractivity contribution in [3.05, 3.63) is 107 Å². The van der Waals surface area contributed by atoms with Crippen LogP contribution in [-0.4, -0.2) is 21.7 Å². The van der Waals surface area contributed by atoms with Crippen LogP contribution in [0.25, 0.3) is 22.4 Å². The van der Waals surface area contributed by atoms with E-state index in [0.29, 0.717) is 11.3 Å². The number of nitrogens with one attached hydrogen (secondary N) is 1. The highest BCUT2D eigenvalue weighted by atomic mass is 16.6. The first kappa shape index (κ1) is 20.7. The summed E-state index contributed by atoms with van der Waals surface area (Å²) in [7, 11) is 0. The van der Waals surface area contributed by atoms with Crippen molar-refractivity contribution < 1.29 is 9.53 Å². The van der Waals surface area contributed by atoms with E-state index >= 15 is 0 Å². The minimum atomic E-state index is -0.689. The van der Waals surface area contributed by atoms with E-state index in [-0.39, 0.29) is 11.6 Å². The molecule has 0 radical (unpaired) electrons. The maximum absolute atomic E-state index is 12.8. The molecule has 2 aromatic carbocycles. The number of amides is 1. The van der Waals surface area contributed by atoms with Crippen molar-refractivity contribution in [1.29, 1.82) is 0 Å². The average Bonchev–Trinajstić information content (AvgIpc) is 3.08. The summed E-state index contributed by atoms with van der Waals surface area (Å²) in [5.41, 5.74) is 3.71. The van der Waals surface area contributed by atoms with Gasteiger partial charge in [-0.1, -0.05) is 48.5 Å². The summed E-state index contributed by atoms with van der Waals surface area (Å²) in [6, 6.07) is 24.5. The minimum Gasteiger partial charge on any atom is -0.441 e. The van der Waals surface area contributed by atoms with E-state index in [0.717, 1.165) is 22.4 Å². The van der Waals surface area contributed by atoms with Gasteiger partial charge < -0.3 is 9.72 Å². The van der Waals surface area contributed by atoms with Crippen molar-refractivity contribution >= 4 is 11.8 Å². The van der Waals surface area contributed by atoms with Gasteiger partial charge in [0.15, 0.2) is 0 Å². The van der Waals surface area contributed by atoms with Crippen LogP contribution in [0.3, 0.4) is 0 Å². The third-order valence-corrected chi connectivity index (χ3v) is 5.90. The predicted octanol–water partition coefficient (Wildman–Crippen LogP) is 5.58. The van der Waals surface area contributed by atoms with Gasteiger partial charge in [0.2, 0.25) is 0 Å². The quantitative estimate of drug-likeness (QED) is 0.452. The molecule has 164 valence electrons. The number of nitrogens with zero attached hydrogens (tertiary/aromatic N) is 2. The van der Waals surface area contributed by atoms with Crippen molar-refractivity contribution in [3.63, 3.8) is 0 Å². The fourth-order valence-electron chi connectivity index (χ4n) is 4.37. The van der Waals surface area contributed by atoms with Gasteiger partial charge in [-0.05, 0) is 55.3 Å². The summed E-state index contributed by atoms with van der Waals surface area (Å²) in [5, 5.41) is 0. The van der Waals surface area contributed by atoms with Gasteiger partial charge in [-0.2, -0.15) is 0 Å². The minimum absolute atomic E-state index is 0.189. The molecule has 2 aromatic heterocycles. The van der Waals surface area contributed by atoms with Gasteiger partial charge in [0.1, 0.15) is 11.6 Å². The van der Waals surface area contributed by atoms with E-state index in [4.69, 9.17) is 4.74 Å². The molecule has 1 amide bonds. The highest BCUT2D eigenvalue weighted by Crippen LogP contribution is 2.43. The number of pyridine rings is 2.